The van der Waals surface area contributed by atoms with Crippen molar-refractivity contribution in [3.8, 4) is 0 Å². The van der Waals surface area contributed by atoms with Crippen LogP contribution in [0.4, 0.5) is 0 Å². The Balaban J connectivity index is 1.50. The van der Waals surface area contributed by atoms with Crippen LogP contribution in [0.1, 0.15) is 84.5 Å². The highest BCUT2D eigenvalue weighted by Crippen LogP contribution is 2.39. The van der Waals surface area contributed by atoms with Gasteiger partial charge in [-0.25, -0.2) is 9.97 Å². The van der Waals surface area contributed by atoms with Gasteiger partial charge in [-0.1, -0.05) is 19.0 Å². The number of nitrogens with zero attached hydrogens (tertiary/aromatic N) is 5. The van der Waals surface area contributed by atoms with Gasteiger partial charge in [0.15, 0.2) is 5.82 Å². The Hall–Kier alpha value is -2.31. The summed E-state index contributed by atoms with van der Waals surface area (Å²) in [5, 5.41) is 4.09. The van der Waals surface area contributed by atoms with Crippen molar-refractivity contribution in [3.63, 3.8) is 0 Å². The number of hydrogen-bond donors (Lipinski definition) is 0. The van der Waals surface area contributed by atoms with Crippen molar-refractivity contribution < 1.29 is 9.32 Å². The van der Waals surface area contributed by atoms with Crippen molar-refractivity contribution in [2.75, 3.05) is 13.1 Å². The predicted molar refractivity (Wildman–Crippen MR) is 90.4 cm³/mol. The molecule has 2 aliphatic rings. The second kappa shape index (κ2) is 6.20. The summed E-state index contributed by atoms with van der Waals surface area (Å²) in [5.74, 6) is 2.96. The molecule has 0 N–H and O–H groups in total. The Morgan fingerprint density at radius 3 is 2.76 bits per heavy atom. The summed E-state index contributed by atoms with van der Waals surface area (Å²) in [5.41, 5.74) is 1.42. The minimum atomic E-state index is -0.00636. The molecule has 1 saturated heterocycles. The van der Waals surface area contributed by atoms with Crippen molar-refractivity contribution in [2.45, 2.75) is 57.8 Å². The van der Waals surface area contributed by atoms with Gasteiger partial charge in [-0.3, -0.25) is 4.79 Å². The molecule has 1 aliphatic carbocycles. The van der Waals surface area contributed by atoms with Gasteiger partial charge in [0.2, 0.25) is 5.89 Å². The Labute approximate surface area is 146 Å². The van der Waals surface area contributed by atoms with E-state index in [0.29, 0.717) is 36.3 Å². The van der Waals surface area contributed by atoms with E-state index in [2.05, 4.69) is 20.1 Å². The molecular formula is C18H23N5O2. The largest absolute Gasteiger partial charge is 0.339 e. The average molecular weight is 341 g/mol. The lowest BCUT2D eigenvalue weighted by atomic mass is 10.0. The third-order valence-electron chi connectivity index (χ3n) is 4.94. The average Bonchev–Trinajstić information content (AvgIpc) is 3.12. The number of hydrogen-bond acceptors (Lipinski definition) is 6. The molecule has 1 amide bonds. The second-order valence-electron chi connectivity index (χ2n) is 7.37. The van der Waals surface area contributed by atoms with Gasteiger partial charge in [-0.15, -0.1) is 0 Å². The second-order valence-corrected chi connectivity index (χ2v) is 7.37. The molecule has 132 valence electrons. The van der Waals surface area contributed by atoms with Crippen molar-refractivity contribution in [2.24, 2.45) is 0 Å². The van der Waals surface area contributed by atoms with E-state index in [4.69, 9.17) is 4.52 Å². The van der Waals surface area contributed by atoms with Gasteiger partial charge in [0.1, 0.15) is 5.82 Å². The van der Waals surface area contributed by atoms with Gasteiger partial charge in [0, 0.05) is 25.2 Å². The third kappa shape index (κ3) is 3.15. The van der Waals surface area contributed by atoms with Crippen LogP contribution in [0.2, 0.25) is 0 Å². The zero-order valence-electron chi connectivity index (χ0n) is 14.9. The molecule has 0 aromatic carbocycles. The molecule has 3 heterocycles. The number of amides is 1. The van der Waals surface area contributed by atoms with E-state index < -0.39 is 0 Å². The topological polar surface area (TPSA) is 85.0 Å². The van der Waals surface area contributed by atoms with Crippen LogP contribution in [0.5, 0.6) is 0 Å². The van der Waals surface area contributed by atoms with Crippen molar-refractivity contribution in [3.05, 3.63) is 35.0 Å². The summed E-state index contributed by atoms with van der Waals surface area (Å²) in [6.07, 6.45) is 4.81. The van der Waals surface area contributed by atoms with Crippen LogP contribution < -0.4 is 0 Å². The molecule has 7 heteroatoms. The van der Waals surface area contributed by atoms with Gasteiger partial charge in [-0.2, -0.15) is 4.98 Å². The molecule has 1 aliphatic heterocycles. The summed E-state index contributed by atoms with van der Waals surface area (Å²) < 4.78 is 5.44. The van der Waals surface area contributed by atoms with E-state index >= 15 is 0 Å². The molecule has 1 atom stereocenters. The lowest BCUT2D eigenvalue weighted by molar-refractivity contribution is 0.0787. The molecule has 1 saturated carbocycles. The van der Waals surface area contributed by atoms with Crippen molar-refractivity contribution in [1.82, 2.24) is 25.0 Å². The van der Waals surface area contributed by atoms with E-state index in [1.54, 1.807) is 6.20 Å². The standard InChI is InChI=1S/C18H23N5O2/c1-10(2)15-14(8-19-11(3)20-15)18(24)23-7-6-13(9-23)17-21-16(22-25-17)12-4-5-12/h8,10,12-13H,4-7,9H2,1-3H3/t13-/m0/s1. The molecule has 2 aromatic heterocycles. The first-order valence-corrected chi connectivity index (χ1v) is 8.99. The lowest BCUT2D eigenvalue weighted by Crippen LogP contribution is -2.30. The van der Waals surface area contributed by atoms with Gasteiger partial charge in [-0.05, 0) is 32.1 Å². The summed E-state index contributed by atoms with van der Waals surface area (Å²) in [6, 6.07) is 0. The van der Waals surface area contributed by atoms with E-state index in [1.807, 2.05) is 25.7 Å². The number of rotatable bonds is 4. The Kier molecular flexibility index (Phi) is 4.01. The molecule has 0 spiro atoms. The Morgan fingerprint density at radius 1 is 1.24 bits per heavy atom. The summed E-state index contributed by atoms with van der Waals surface area (Å²) in [6.45, 7) is 7.23. The van der Waals surface area contributed by atoms with Crippen LogP contribution >= 0.6 is 0 Å². The van der Waals surface area contributed by atoms with Crippen molar-refractivity contribution in [1.29, 1.82) is 0 Å². The monoisotopic (exact) mass is 341 g/mol. The van der Waals surface area contributed by atoms with E-state index in [9.17, 15) is 4.79 Å². The van der Waals surface area contributed by atoms with E-state index in [0.717, 1.165) is 30.8 Å². The fraction of sp³-hybridized carbons (Fsp3) is 0.611. The molecule has 7 nitrogen and oxygen atoms in total. The number of aromatic nitrogens is 4. The fourth-order valence-corrected chi connectivity index (χ4v) is 3.33. The summed E-state index contributed by atoms with van der Waals surface area (Å²) in [4.78, 5) is 28.0. The molecule has 25 heavy (non-hydrogen) atoms. The first-order chi connectivity index (χ1) is 12.0. The maximum absolute atomic E-state index is 13.0. The van der Waals surface area contributed by atoms with Crippen LogP contribution in [0, 0.1) is 6.92 Å². The number of likely N-dealkylation sites (tertiary alicyclic amines) is 1. The highest BCUT2D eigenvalue weighted by molar-refractivity contribution is 5.95. The first kappa shape index (κ1) is 16.2. The van der Waals surface area contributed by atoms with Gasteiger partial charge in [0.05, 0.1) is 17.2 Å². The minimum Gasteiger partial charge on any atom is -0.339 e. The molecule has 4 rings (SSSR count). The zero-order valence-corrected chi connectivity index (χ0v) is 14.9. The quantitative estimate of drug-likeness (QED) is 0.850. The smallest absolute Gasteiger partial charge is 0.257 e. The molecule has 0 radical (unpaired) electrons. The van der Waals surface area contributed by atoms with Crippen LogP contribution in [0.25, 0.3) is 0 Å². The lowest BCUT2D eigenvalue weighted by Gasteiger charge is -2.18. The van der Waals surface area contributed by atoms with E-state index in [1.165, 1.54) is 0 Å². The summed E-state index contributed by atoms with van der Waals surface area (Å²) in [7, 11) is 0. The third-order valence-corrected chi connectivity index (χ3v) is 4.94. The Morgan fingerprint density at radius 2 is 2.04 bits per heavy atom. The van der Waals surface area contributed by atoms with Crippen molar-refractivity contribution >= 4 is 5.91 Å². The zero-order chi connectivity index (χ0) is 17.6. The molecule has 0 bridgehead atoms. The van der Waals surface area contributed by atoms with Crippen LogP contribution in [-0.2, 0) is 0 Å². The predicted octanol–water partition coefficient (Wildman–Crippen LogP) is 2.80. The first-order valence-electron chi connectivity index (χ1n) is 8.99. The fourth-order valence-electron chi connectivity index (χ4n) is 3.33. The van der Waals surface area contributed by atoms with Crippen LogP contribution in [-0.4, -0.2) is 44.0 Å². The highest BCUT2D eigenvalue weighted by Gasteiger charge is 2.35. The van der Waals surface area contributed by atoms with Crippen LogP contribution in [0.3, 0.4) is 0 Å². The minimum absolute atomic E-state index is 0.00636. The maximum atomic E-state index is 13.0. The number of carbonyl (C=O) groups is 1. The van der Waals surface area contributed by atoms with Gasteiger partial charge < -0.3 is 9.42 Å². The maximum Gasteiger partial charge on any atom is 0.257 e. The Bertz CT molecular complexity index is 797. The van der Waals surface area contributed by atoms with Crippen LogP contribution in [0.15, 0.2) is 10.7 Å². The number of aryl methyl sites for hydroxylation is 1. The number of carbonyl (C=O) groups excluding carboxylic acids is 1. The highest BCUT2D eigenvalue weighted by atomic mass is 16.5. The molecule has 2 fully saturated rings. The van der Waals surface area contributed by atoms with Gasteiger partial charge in [0.25, 0.3) is 5.91 Å². The molecule has 0 unspecified atom stereocenters. The normalized spacial score (nSPS) is 20.5. The summed E-state index contributed by atoms with van der Waals surface area (Å²) >= 11 is 0. The molecular weight excluding hydrogens is 318 g/mol. The van der Waals surface area contributed by atoms with Gasteiger partial charge >= 0.3 is 0 Å². The molecule has 2 aromatic rings. The van der Waals surface area contributed by atoms with E-state index in [-0.39, 0.29) is 17.7 Å². The SMILES string of the molecule is Cc1ncc(C(=O)N2CC[C@H](c3nc(C4CC4)no3)C2)c(C(C)C)n1.